The molecule has 0 amide bonds. The molecule has 1 aromatic carbocycles. The number of nitrogens with one attached hydrogen (secondary N) is 1. The largest absolute Gasteiger partial charge is 0.493 e. The minimum absolute atomic E-state index is 0.312. The highest BCUT2D eigenvalue weighted by molar-refractivity contribution is 5.37. The van der Waals surface area contributed by atoms with Crippen molar-refractivity contribution in [1.29, 1.82) is 0 Å². The monoisotopic (exact) mass is 260 g/mol. The molecule has 1 saturated heterocycles. The molecule has 2 aliphatic heterocycles. The lowest BCUT2D eigenvalue weighted by atomic mass is 9.91. The van der Waals surface area contributed by atoms with E-state index in [1.165, 1.54) is 24.1 Å². The van der Waals surface area contributed by atoms with Crippen LogP contribution in [0.2, 0.25) is 0 Å². The lowest BCUT2D eigenvalue weighted by Gasteiger charge is -2.24. The standard InChI is InChI=1S/C16H24N2O/c1-16(6-8-18(2)11-16)12-19-15-4-3-14-10-17-7-5-13(14)9-15/h3-4,9,17H,5-8,10-12H2,1-2H3. The zero-order valence-electron chi connectivity index (χ0n) is 12.0. The molecule has 0 aromatic heterocycles. The van der Waals surface area contributed by atoms with Gasteiger partial charge >= 0.3 is 0 Å². The Balaban J connectivity index is 1.64. The number of fused-ring (bicyclic) bond motifs is 1. The first-order valence-corrected chi connectivity index (χ1v) is 7.29. The highest BCUT2D eigenvalue weighted by Crippen LogP contribution is 2.30. The fourth-order valence-corrected chi connectivity index (χ4v) is 3.19. The third kappa shape index (κ3) is 2.93. The Morgan fingerprint density at radius 1 is 1.37 bits per heavy atom. The molecule has 0 saturated carbocycles. The van der Waals surface area contributed by atoms with Gasteiger partial charge in [-0.05, 0) is 56.2 Å². The molecule has 1 unspecified atom stereocenters. The van der Waals surface area contributed by atoms with Crippen LogP contribution in [0.1, 0.15) is 24.5 Å². The first kappa shape index (κ1) is 12.9. The molecule has 0 bridgehead atoms. The van der Waals surface area contributed by atoms with Crippen LogP contribution in [-0.4, -0.2) is 38.2 Å². The lowest BCUT2D eigenvalue weighted by Crippen LogP contribution is -2.28. The average Bonchev–Trinajstić information content (AvgIpc) is 2.77. The smallest absolute Gasteiger partial charge is 0.119 e. The van der Waals surface area contributed by atoms with E-state index in [1.54, 1.807) is 0 Å². The van der Waals surface area contributed by atoms with E-state index in [0.717, 1.165) is 38.4 Å². The van der Waals surface area contributed by atoms with Crippen LogP contribution >= 0.6 is 0 Å². The van der Waals surface area contributed by atoms with E-state index in [0.29, 0.717) is 5.41 Å². The van der Waals surface area contributed by atoms with Gasteiger partial charge in [0, 0.05) is 18.5 Å². The van der Waals surface area contributed by atoms with Crippen molar-refractivity contribution in [2.75, 3.05) is 33.3 Å². The molecule has 2 aliphatic rings. The summed E-state index contributed by atoms with van der Waals surface area (Å²) in [6.07, 6.45) is 2.35. The molecule has 19 heavy (non-hydrogen) atoms. The maximum atomic E-state index is 6.06. The molecule has 1 N–H and O–H groups in total. The maximum Gasteiger partial charge on any atom is 0.119 e. The first-order chi connectivity index (χ1) is 9.15. The van der Waals surface area contributed by atoms with Crippen LogP contribution in [0.15, 0.2) is 18.2 Å². The zero-order chi connectivity index (χ0) is 13.3. The zero-order valence-corrected chi connectivity index (χ0v) is 12.0. The predicted octanol–water partition coefficient (Wildman–Crippen LogP) is 2.05. The van der Waals surface area contributed by atoms with Crippen molar-refractivity contribution < 1.29 is 4.74 Å². The Morgan fingerprint density at radius 2 is 2.26 bits per heavy atom. The summed E-state index contributed by atoms with van der Waals surface area (Å²) >= 11 is 0. The number of hydrogen-bond donors (Lipinski definition) is 1. The van der Waals surface area contributed by atoms with Gasteiger partial charge in [0.2, 0.25) is 0 Å². The quantitative estimate of drug-likeness (QED) is 0.900. The predicted molar refractivity (Wildman–Crippen MR) is 77.6 cm³/mol. The van der Waals surface area contributed by atoms with Gasteiger partial charge in [-0.3, -0.25) is 0 Å². The number of ether oxygens (including phenoxy) is 1. The summed E-state index contributed by atoms with van der Waals surface area (Å²) in [6, 6.07) is 6.56. The third-order valence-electron chi connectivity index (χ3n) is 4.40. The Morgan fingerprint density at radius 3 is 3.05 bits per heavy atom. The summed E-state index contributed by atoms with van der Waals surface area (Å²) in [4.78, 5) is 2.39. The van der Waals surface area contributed by atoms with E-state index in [1.807, 2.05) is 0 Å². The molecular formula is C16H24N2O. The number of hydrogen-bond acceptors (Lipinski definition) is 3. The van der Waals surface area contributed by atoms with E-state index in [9.17, 15) is 0 Å². The van der Waals surface area contributed by atoms with E-state index in [-0.39, 0.29) is 0 Å². The van der Waals surface area contributed by atoms with Crippen LogP contribution in [0, 0.1) is 5.41 Å². The fraction of sp³-hybridized carbons (Fsp3) is 0.625. The van der Waals surface area contributed by atoms with Gasteiger partial charge in [0.25, 0.3) is 0 Å². The molecular weight excluding hydrogens is 236 g/mol. The van der Waals surface area contributed by atoms with Crippen molar-refractivity contribution >= 4 is 0 Å². The van der Waals surface area contributed by atoms with Gasteiger partial charge in [-0.15, -0.1) is 0 Å². The summed E-state index contributed by atoms with van der Waals surface area (Å²) in [7, 11) is 2.19. The van der Waals surface area contributed by atoms with Crippen LogP contribution < -0.4 is 10.1 Å². The lowest BCUT2D eigenvalue weighted by molar-refractivity contribution is 0.168. The summed E-state index contributed by atoms with van der Waals surface area (Å²) in [5, 5.41) is 3.40. The van der Waals surface area contributed by atoms with Gasteiger partial charge in [-0.1, -0.05) is 13.0 Å². The molecule has 3 nitrogen and oxygen atoms in total. The highest BCUT2D eigenvalue weighted by Gasteiger charge is 2.32. The second kappa shape index (κ2) is 5.14. The van der Waals surface area contributed by atoms with Gasteiger partial charge in [0.05, 0.1) is 6.61 Å². The van der Waals surface area contributed by atoms with Crippen molar-refractivity contribution in [2.24, 2.45) is 5.41 Å². The Bertz CT molecular complexity index is 460. The fourth-order valence-electron chi connectivity index (χ4n) is 3.19. The van der Waals surface area contributed by atoms with E-state index < -0.39 is 0 Å². The second-order valence-electron chi connectivity index (χ2n) is 6.44. The van der Waals surface area contributed by atoms with Gasteiger partial charge in [-0.2, -0.15) is 0 Å². The van der Waals surface area contributed by atoms with Crippen molar-refractivity contribution in [3.05, 3.63) is 29.3 Å². The Hall–Kier alpha value is -1.06. The van der Waals surface area contributed by atoms with Crippen LogP contribution in [-0.2, 0) is 13.0 Å². The summed E-state index contributed by atoms with van der Waals surface area (Å²) in [6.45, 7) is 7.57. The molecule has 2 heterocycles. The van der Waals surface area contributed by atoms with Crippen LogP contribution in [0.3, 0.4) is 0 Å². The maximum absolute atomic E-state index is 6.06. The normalized spacial score (nSPS) is 27.3. The SMILES string of the molecule is CN1CCC(C)(COc2ccc3c(c2)CCNC3)C1. The molecule has 0 radical (unpaired) electrons. The second-order valence-corrected chi connectivity index (χ2v) is 6.44. The average molecular weight is 260 g/mol. The topological polar surface area (TPSA) is 24.5 Å². The number of likely N-dealkylation sites (tertiary alicyclic amines) is 1. The van der Waals surface area contributed by atoms with E-state index >= 15 is 0 Å². The molecule has 3 rings (SSSR count). The third-order valence-corrected chi connectivity index (χ3v) is 4.40. The van der Waals surface area contributed by atoms with Gasteiger partial charge in [0.15, 0.2) is 0 Å². The van der Waals surface area contributed by atoms with Crippen LogP contribution in [0.5, 0.6) is 5.75 Å². The van der Waals surface area contributed by atoms with Crippen molar-refractivity contribution in [2.45, 2.75) is 26.3 Å². The summed E-state index contributed by atoms with van der Waals surface area (Å²) in [5.41, 5.74) is 3.18. The van der Waals surface area contributed by atoms with Crippen LogP contribution in [0.25, 0.3) is 0 Å². The number of nitrogens with zero attached hydrogens (tertiary/aromatic N) is 1. The molecule has 1 fully saturated rings. The van der Waals surface area contributed by atoms with Crippen molar-refractivity contribution in [1.82, 2.24) is 10.2 Å². The Labute approximate surface area is 115 Å². The molecule has 1 atom stereocenters. The van der Waals surface area contributed by atoms with Crippen molar-refractivity contribution in [3.63, 3.8) is 0 Å². The highest BCUT2D eigenvalue weighted by atomic mass is 16.5. The summed E-state index contributed by atoms with van der Waals surface area (Å²) in [5.74, 6) is 1.04. The van der Waals surface area contributed by atoms with Crippen LogP contribution in [0.4, 0.5) is 0 Å². The molecule has 1 aromatic rings. The Kier molecular flexibility index (Phi) is 3.50. The van der Waals surface area contributed by atoms with Gasteiger partial charge in [0.1, 0.15) is 5.75 Å². The molecule has 0 aliphatic carbocycles. The number of benzene rings is 1. The van der Waals surface area contributed by atoms with E-state index in [4.69, 9.17) is 4.74 Å². The van der Waals surface area contributed by atoms with E-state index in [2.05, 4.69) is 42.4 Å². The molecule has 104 valence electrons. The first-order valence-electron chi connectivity index (χ1n) is 7.29. The minimum atomic E-state index is 0.312. The minimum Gasteiger partial charge on any atom is -0.493 e. The van der Waals surface area contributed by atoms with Crippen molar-refractivity contribution in [3.8, 4) is 5.75 Å². The summed E-state index contributed by atoms with van der Waals surface area (Å²) < 4.78 is 6.06. The number of rotatable bonds is 3. The van der Waals surface area contributed by atoms with Gasteiger partial charge < -0.3 is 15.0 Å². The molecule has 0 spiro atoms. The molecule has 3 heteroatoms. The van der Waals surface area contributed by atoms with Gasteiger partial charge in [-0.25, -0.2) is 0 Å².